The number of benzene rings is 1. The molecule has 1 nitrogen and oxygen atoms in total. The van der Waals surface area contributed by atoms with Gasteiger partial charge < -0.3 is 5.11 Å². The predicted molar refractivity (Wildman–Crippen MR) is 58.6 cm³/mol. The molecule has 0 aromatic heterocycles. The van der Waals surface area contributed by atoms with Crippen molar-refractivity contribution < 1.29 is 5.11 Å². The summed E-state index contributed by atoms with van der Waals surface area (Å²) in [6, 6.07) is 3.21. The Kier molecular flexibility index (Phi) is 3.05. The maximum atomic E-state index is 9.03. The van der Waals surface area contributed by atoms with Crippen LogP contribution < -0.4 is 0 Å². The van der Waals surface area contributed by atoms with Crippen molar-refractivity contribution in [2.24, 2.45) is 0 Å². The fourth-order valence-electron chi connectivity index (χ4n) is 0.542. The zero-order valence-corrected chi connectivity index (χ0v) is 9.81. The molecule has 0 spiro atoms. The molecule has 0 heterocycles. The Bertz CT molecular complexity index is 239. The van der Waals surface area contributed by atoms with Crippen LogP contribution in [0.15, 0.2) is 12.1 Å². The van der Waals surface area contributed by atoms with Crippen LogP contribution in [0.3, 0.4) is 0 Å². The Morgan fingerprint density at radius 1 is 1.30 bits per heavy atom. The van der Waals surface area contributed by atoms with E-state index in [1.807, 2.05) is 0 Å². The second-order valence-electron chi connectivity index (χ2n) is 1.72. The van der Waals surface area contributed by atoms with E-state index in [1.165, 1.54) is 6.07 Å². The van der Waals surface area contributed by atoms with Crippen molar-refractivity contribution in [2.45, 2.75) is 0 Å². The minimum absolute atomic E-state index is 0.217. The molecule has 0 fully saturated rings. The van der Waals surface area contributed by atoms with Gasteiger partial charge in [0.2, 0.25) is 0 Å². The maximum absolute atomic E-state index is 9.03. The van der Waals surface area contributed by atoms with Gasteiger partial charge in [0.25, 0.3) is 0 Å². The number of aromatic hydroxyl groups is 1. The third kappa shape index (κ3) is 1.88. The molecule has 0 atom stereocenters. The Balaban J connectivity index is 3.31. The SMILES string of the molecule is Oc1cc(Cl)c(I)c(I)c1. The van der Waals surface area contributed by atoms with Gasteiger partial charge in [0.15, 0.2) is 0 Å². The van der Waals surface area contributed by atoms with Gasteiger partial charge in [0.1, 0.15) is 5.75 Å². The Morgan fingerprint density at radius 3 is 2.40 bits per heavy atom. The highest BCUT2D eigenvalue weighted by atomic mass is 127. The molecule has 0 aliphatic rings. The largest absolute Gasteiger partial charge is 0.508 e. The highest BCUT2D eigenvalue weighted by molar-refractivity contribution is 14.1. The van der Waals surface area contributed by atoms with Crippen molar-refractivity contribution >= 4 is 56.8 Å². The summed E-state index contributed by atoms with van der Waals surface area (Å²) in [6.07, 6.45) is 0. The molecule has 0 aliphatic heterocycles. The molecule has 0 amide bonds. The second-order valence-corrected chi connectivity index (χ2v) is 4.37. The molecule has 0 saturated carbocycles. The molecule has 1 N–H and O–H groups in total. The fourth-order valence-corrected chi connectivity index (χ4v) is 1.84. The standard InChI is InChI=1S/C6H3ClI2O/c7-4-1-3(10)2-5(8)6(4)9/h1-2,10H. The van der Waals surface area contributed by atoms with E-state index in [0.29, 0.717) is 5.02 Å². The van der Waals surface area contributed by atoms with Crippen molar-refractivity contribution in [3.05, 3.63) is 24.3 Å². The van der Waals surface area contributed by atoms with Crippen LogP contribution in [0.1, 0.15) is 0 Å². The lowest BCUT2D eigenvalue weighted by Gasteiger charge is -1.99. The lowest BCUT2D eigenvalue weighted by atomic mass is 10.3. The number of hydrogen-bond donors (Lipinski definition) is 1. The van der Waals surface area contributed by atoms with E-state index in [4.69, 9.17) is 16.7 Å². The number of rotatable bonds is 0. The van der Waals surface area contributed by atoms with E-state index in [1.54, 1.807) is 6.07 Å². The van der Waals surface area contributed by atoms with Crippen LogP contribution in [0.4, 0.5) is 0 Å². The highest BCUT2D eigenvalue weighted by Gasteiger charge is 2.02. The summed E-state index contributed by atoms with van der Waals surface area (Å²) in [5.41, 5.74) is 0. The lowest BCUT2D eigenvalue weighted by molar-refractivity contribution is 0.475. The van der Waals surface area contributed by atoms with E-state index in [9.17, 15) is 0 Å². The van der Waals surface area contributed by atoms with Crippen LogP contribution in [-0.2, 0) is 0 Å². The monoisotopic (exact) mass is 380 g/mol. The normalized spacial score (nSPS) is 9.90. The molecule has 0 aliphatic carbocycles. The van der Waals surface area contributed by atoms with Gasteiger partial charge in [-0.2, -0.15) is 0 Å². The molecule has 10 heavy (non-hydrogen) atoms. The van der Waals surface area contributed by atoms with Crippen molar-refractivity contribution in [3.63, 3.8) is 0 Å². The number of phenols is 1. The number of hydrogen-bond acceptors (Lipinski definition) is 1. The first kappa shape index (κ1) is 8.86. The van der Waals surface area contributed by atoms with E-state index in [2.05, 4.69) is 45.2 Å². The third-order valence-electron chi connectivity index (χ3n) is 0.969. The van der Waals surface area contributed by atoms with Crippen LogP contribution >= 0.6 is 56.8 Å². The van der Waals surface area contributed by atoms with Gasteiger partial charge in [-0.1, -0.05) is 11.6 Å². The summed E-state index contributed by atoms with van der Waals surface area (Å²) >= 11 is 10.0. The number of halogens is 3. The molecule has 0 unspecified atom stereocenters. The molecular weight excluding hydrogens is 377 g/mol. The van der Waals surface area contributed by atoms with Gasteiger partial charge in [0, 0.05) is 7.14 Å². The summed E-state index contributed by atoms with van der Waals surface area (Å²) in [7, 11) is 0. The van der Waals surface area contributed by atoms with Gasteiger partial charge in [-0.25, -0.2) is 0 Å². The molecule has 1 rings (SSSR count). The minimum atomic E-state index is 0.217. The topological polar surface area (TPSA) is 20.2 Å². The minimum Gasteiger partial charge on any atom is -0.508 e. The fraction of sp³-hybridized carbons (Fsp3) is 0. The van der Waals surface area contributed by atoms with Crippen molar-refractivity contribution in [1.82, 2.24) is 0 Å². The summed E-state index contributed by atoms with van der Waals surface area (Å²) in [4.78, 5) is 0. The zero-order chi connectivity index (χ0) is 7.72. The third-order valence-corrected chi connectivity index (χ3v) is 4.63. The van der Waals surface area contributed by atoms with Crippen molar-refractivity contribution in [2.75, 3.05) is 0 Å². The first-order valence-electron chi connectivity index (χ1n) is 2.45. The van der Waals surface area contributed by atoms with Gasteiger partial charge in [-0.05, 0) is 57.3 Å². The Hall–Kier alpha value is 0.770. The average Bonchev–Trinajstić information content (AvgIpc) is 1.82. The van der Waals surface area contributed by atoms with Gasteiger partial charge >= 0.3 is 0 Å². The second kappa shape index (κ2) is 3.44. The summed E-state index contributed by atoms with van der Waals surface area (Å²) in [6.45, 7) is 0. The van der Waals surface area contributed by atoms with Crippen LogP contribution in [0.5, 0.6) is 5.75 Å². The van der Waals surface area contributed by atoms with Gasteiger partial charge in [0.05, 0.1) is 5.02 Å². The summed E-state index contributed by atoms with van der Waals surface area (Å²) in [5.74, 6) is 0.217. The number of phenolic OH excluding ortho intramolecular Hbond substituents is 1. The molecule has 0 bridgehead atoms. The van der Waals surface area contributed by atoms with Gasteiger partial charge in [-0.3, -0.25) is 0 Å². The zero-order valence-electron chi connectivity index (χ0n) is 4.74. The highest BCUT2D eigenvalue weighted by Crippen LogP contribution is 2.27. The Morgan fingerprint density at radius 2 is 1.90 bits per heavy atom. The summed E-state index contributed by atoms with van der Waals surface area (Å²) in [5, 5.41) is 9.63. The first-order valence-corrected chi connectivity index (χ1v) is 4.98. The van der Waals surface area contributed by atoms with E-state index in [-0.39, 0.29) is 5.75 Å². The summed E-state index contributed by atoms with van der Waals surface area (Å²) < 4.78 is 1.96. The molecular formula is C6H3ClI2O. The molecule has 54 valence electrons. The molecule has 0 radical (unpaired) electrons. The maximum Gasteiger partial charge on any atom is 0.118 e. The first-order chi connectivity index (χ1) is 4.61. The lowest BCUT2D eigenvalue weighted by Crippen LogP contribution is -1.79. The van der Waals surface area contributed by atoms with Crippen LogP contribution in [0, 0.1) is 7.14 Å². The quantitative estimate of drug-likeness (QED) is 0.541. The molecule has 0 saturated heterocycles. The van der Waals surface area contributed by atoms with Gasteiger partial charge in [-0.15, -0.1) is 0 Å². The molecule has 1 aromatic rings. The smallest absolute Gasteiger partial charge is 0.118 e. The van der Waals surface area contributed by atoms with E-state index < -0.39 is 0 Å². The predicted octanol–water partition coefficient (Wildman–Crippen LogP) is 3.25. The average molecular weight is 380 g/mol. The van der Waals surface area contributed by atoms with E-state index in [0.717, 1.165) is 7.14 Å². The van der Waals surface area contributed by atoms with Crippen molar-refractivity contribution in [3.8, 4) is 5.75 Å². The van der Waals surface area contributed by atoms with E-state index >= 15 is 0 Å². The van der Waals surface area contributed by atoms with Crippen LogP contribution in [0.2, 0.25) is 5.02 Å². The Labute approximate surface area is 91.1 Å². The molecule has 4 heteroatoms. The van der Waals surface area contributed by atoms with Crippen molar-refractivity contribution in [1.29, 1.82) is 0 Å². The molecule has 1 aromatic carbocycles. The van der Waals surface area contributed by atoms with Crippen LogP contribution in [-0.4, -0.2) is 5.11 Å². The van der Waals surface area contributed by atoms with Crippen LogP contribution in [0.25, 0.3) is 0 Å².